The van der Waals surface area contributed by atoms with Crippen molar-refractivity contribution in [3.05, 3.63) is 0 Å². The summed E-state index contributed by atoms with van der Waals surface area (Å²) in [5, 5.41) is 5.52. The average molecular weight is 332 g/mol. The van der Waals surface area contributed by atoms with Crippen LogP contribution in [0.2, 0.25) is 0 Å². The molecule has 2 fully saturated rings. The Labute approximate surface area is 131 Å². The van der Waals surface area contributed by atoms with Crippen LogP contribution in [0.3, 0.4) is 0 Å². The number of piperidine rings is 1. The summed E-state index contributed by atoms with van der Waals surface area (Å²) in [4.78, 5) is 24.4. The Morgan fingerprint density at radius 3 is 2.86 bits per heavy atom. The molecule has 0 aromatic heterocycles. The fraction of sp³-hybridized carbons (Fsp3) is 0.846. The lowest BCUT2D eigenvalue weighted by molar-refractivity contribution is -0.824. The molecule has 22 heavy (non-hydrogen) atoms. The van der Waals surface area contributed by atoms with Crippen molar-refractivity contribution in [3.63, 3.8) is 0 Å². The van der Waals surface area contributed by atoms with Crippen LogP contribution in [0.25, 0.3) is 0 Å². The monoisotopic (exact) mass is 332 g/mol. The Hall–Kier alpha value is -0.950. The van der Waals surface area contributed by atoms with E-state index in [2.05, 4.69) is 10.6 Å². The Morgan fingerprint density at radius 2 is 2.23 bits per heavy atom. The van der Waals surface area contributed by atoms with Crippen molar-refractivity contribution in [2.24, 2.45) is 11.6 Å². The van der Waals surface area contributed by atoms with Crippen LogP contribution in [0.4, 0.5) is 0 Å². The molecular weight excluding hydrogens is 305 g/mol. The molecule has 0 aromatic rings. The van der Waals surface area contributed by atoms with Crippen molar-refractivity contribution in [1.82, 2.24) is 10.6 Å². The lowest BCUT2D eigenvalue weighted by Gasteiger charge is -2.36. The quantitative estimate of drug-likeness (QED) is 0.381. The predicted molar refractivity (Wildman–Crippen MR) is 84.0 cm³/mol. The van der Waals surface area contributed by atoms with Crippen LogP contribution in [0, 0.1) is 0 Å². The number of nitrogens with one attached hydrogen (secondary N) is 2. The predicted octanol–water partition coefficient (Wildman–Crippen LogP) is -0.944. The maximum absolute atomic E-state index is 13.0. The largest absolute Gasteiger partial charge is 0.355 e. The van der Waals surface area contributed by atoms with E-state index in [1.807, 2.05) is 6.92 Å². The molecule has 5 atom stereocenters. The van der Waals surface area contributed by atoms with E-state index < -0.39 is 25.7 Å². The van der Waals surface area contributed by atoms with E-state index in [-0.39, 0.29) is 16.2 Å². The van der Waals surface area contributed by atoms with Crippen LogP contribution in [0.15, 0.2) is 0 Å². The number of hydrogen-bond donors (Lipinski definition) is 4. The molecular formula is C13H27N5O3P+. The topological polar surface area (TPSA) is 127 Å². The minimum atomic E-state index is -2.55. The van der Waals surface area contributed by atoms with Gasteiger partial charge in [0.25, 0.3) is 13.9 Å². The fourth-order valence-electron chi connectivity index (χ4n) is 3.30. The highest BCUT2D eigenvalue weighted by Crippen LogP contribution is 2.46. The first-order valence-corrected chi connectivity index (χ1v) is 9.36. The van der Waals surface area contributed by atoms with Crippen molar-refractivity contribution < 1.29 is 18.5 Å². The first kappa shape index (κ1) is 17.4. The van der Waals surface area contributed by atoms with E-state index in [1.165, 1.54) is 0 Å². The average Bonchev–Trinajstić information content (AvgIpc) is 2.81. The van der Waals surface area contributed by atoms with E-state index in [4.69, 9.17) is 11.6 Å². The number of hydrogen-bond acceptors (Lipinski definition) is 5. The summed E-state index contributed by atoms with van der Waals surface area (Å²) in [6.07, 6.45) is 2.68. The third-order valence-corrected chi connectivity index (χ3v) is 7.02. The van der Waals surface area contributed by atoms with Crippen molar-refractivity contribution in [2.75, 3.05) is 19.6 Å². The molecule has 2 heterocycles. The standard InChI is InChI=1S/C13H26N5O3P/c1-2-6-16-13(20)11-9(14)5-8-18(11,15)22(21)10-4-3-7-17-12(10)19/h9-11,22H,2-8,14-15H2,1H3,(H-,16,17,19,20)/p+1/t9?,10-,11?,18?/m0/s1. The molecule has 2 aliphatic heterocycles. The number of nitrogens with two attached hydrogens (primary N) is 2. The number of nitrogens with zero attached hydrogens (tertiary/aromatic N) is 1. The lowest BCUT2D eigenvalue weighted by atomic mass is 10.1. The van der Waals surface area contributed by atoms with Gasteiger partial charge in [0.15, 0.2) is 0 Å². The second kappa shape index (κ2) is 7.08. The Morgan fingerprint density at radius 1 is 1.50 bits per heavy atom. The molecule has 6 N–H and O–H groups in total. The molecule has 4 unspecified atom stereocenters. The molecule has 0 radical (unpaired) electrons. The van der Waals surface area contributed by atoms with Gasteiger partial charge in [0.1, 0.15) is 12.2 Å². The summed E-state index contributed by atoms with van der Waals surface area (Å²) in [5.41, 5.74) is 5.45. The van der Waals surface area contributed by atoms with Crippen molar-refractivity contribution >= 4 is 19.8 Å². The normalized spacial score (nSPS) is 36.7. The molecule has 0 saturated carbocycles. The number of carbonyl (C=O) groups excluding carboxylic acids is 2. The zero-order valence-corrected chi connectivity index (χ0v) is 14.0. The Bertz CT molecular complexity index is 475. The van der Waals surface area contributed by atoms with Gasteiger partial charge in [-0.1, -0.05) is 6.92 Å². The van der Waals surface area contributed by atoms with E-state index >= 15 is 0 Å². The van der Waals surface area contributed by atoms with E-state index in [9.17, 15) is 14.2 Å². The van der Waals surface area contributed by atoms with Crippen molar-refractivity contribution in [3.8, 4) is 0 Å². The summed E-state index contributed by atoms with van der Waals surface area (Å²) in [5.74, 6) is 5.88. The molecule has 126 valence electrons. The third kappa shape index (κ3) is 3.20. The van der Waals surface area contributed by atoms with Gasteiger partial charge in [-0.15, -0.1) is 0 Å². The molecule has 0 bridgehead atoms. The molecule has 2 aliphatic rings. The number of quaternary nitrogens is 1. The number of amides is 2. The third-order valence-electron chi connectivity index (χ3n) is 4.55. The van der Waals surface area contributed by atoms with Crippen molar-refractivity contribution in [2.45, 2.75) is 50.3 Å². The second-order valence-electron chi connectivity index (χ2n) is 6.17. The maximum atomic E-state index is 13.0. The number of carbonyl (C=O) groups is 2. The molecule has 8 nitrogen and oxygen atoms in total. The summed E-state index contributed by atoms with van der Waals surface area (Å²) >= 11 is 0. The summed E-state index contributed by atoms with van der Waals surface area (Å²) in [6, 6.07) is -1.17. The van der Waals surface area contributed by atoms with Gasteiger partial charge in [-0.3, -0.25) is 14.2 Å². The highest BCUT2D eigenvalue weighted by molar-refractivity contribution is 7.40. The van der Waals surface area contributed by atoms with E-state index in [0.29, 0.717) is 32.5 Å². The molecule has 0 spiro atoms. The molecule has 0 aromatic carbocycles. The van der Waals surface area contributed by atoms with E-state index in [1.54, 1.807) is 0 Å². The first-order valence-electron chi connectivity index (χ1n) is 7.93. The van der Waals surface area contributed by atoms with Crippen LogP contribution >= 0.6 is 7.95 Å². The smallest absolute Gasteiger partial charge is 0.282 e. The molecule has 9 heteroatoms. The fourth-order valence-corrected chi connectivity index (χ4v) is 5.59. The van der Waals surface area contributed by atoms with E-state index in [0.717, 1.165) is 12.8 Å². The maximum Gasteiger partial charge on any atom is 0.282 e. The zero-order valence-electron chi connectivity index (χ0n) is 13.0. The second-order valence-corrected chi connectivity index (χ2v) is 8.37. The summed E-state index contributed by atoms with van der Waals surface area (Å²) < 4.78 is 12.6. The van der Waals surface area contributed by atoms with Gasteiger partial charge in [0.05, 0.1) is 6.04 Å². The molecule has 2 saturated heterocycles. The highest BCUT2D eigenvalue weighted by atomic mass is 31.1. The van der Waals surface area contributed by atoms with Gasteiger partial charge in [-0.2, -0.15) is 10.2 Å². The summed E-state index contributed by atoms with van der Waals surface area (Å²) in [7, 11) is -2.55. The van der Waals surface area contributed by atoms with Gasteiger partial charge < -0.3 is 16.4 Å². The van der Waals surface area contributed by atoms with Crippen LogP contribution in [0.1, 0.15) is 32.6 Å². The molecule has 0 aliphatic carbocycles. The Balaban J connectivity index is 2.19. The highest BCUT2D eigenvalue weighted by Gasteiger charge is 2.55. The minimum absolute atomic E-state index is 0.216. The molecule has 2 rings (SSSR count). The van der Waals surface area contributed by atoms with Gasteiger partial charge in [0.2, 0.25) is 11.9 Å². The van der Waals surface area contributed by atoms with Crippen LogP contribution in [0.5, 0.6) is 0 Å². The van der Waals surface area contributed by atoms with Gasteiger partial charge in [-0.25, -0.2) is 0 Å². The lowest BCUT2D eigenvalue weighted by Crippen LogP contribution is -2.63. The first-order chi connectivity index (χ1) is 10.4. The Kier molecular flexibility index (Phi) is 5.60. The zero-order chi connectivity index (χ0) is 16.3. The van der Waals surface area contributed by atoms with Gasteiger partial charge in [-0.05, 0) is 19.3 Å². The number of rotatable bonds is 5. The van der Waals surface area contributed by atoms with Crippen LogP contribution < -0.4 is 22.2 Å². The van der Waals surface area contributed by atoms with Crippen molar-refractivity contribution in [1.29, 1.82) is 0 Å². The minimum Gasteiger partial charge on any atom is -0.355 e. The SMILES string of the molecule is CCCNC(=O)C1C(N)CC[N+]1(N)[PH](=O)[C@H]1CCCNC1=O. The van der Waals surface area contributed by atoms with Crippen LogP contribution in [-0.4, -0.2) is 53.6 Å². The summed E-state index contributed by atoms with van der Waals surface area (Å²) in [6.45, 7) is 3.46. The van der Waals surface area contributed by atoms with Crippen LogP contribution in [-0.2, 0) is 14.2 Å². The van der Waals surface area contributed by atoms with Gasteiger partial charge >= 0.3 is 0 Å². The molecule has 2 amide bonds. The van der Waals surface area contributed by atoms with Gasteiger partial charge in [0, 0.05) is 19.5 Å².